The maximum Gasteiger partial charge on any atom is 0.306 e. The topological polar surface area (TPSA) is 114 Å². The van der Waals surface area contributed by atoms with Crippen molar-refractivity contribution in [2.75, 3.05) is 13.2 Å². The van der Waals surface area contributed by atoms with Gasteiger partial charge in [-0.2, -0.15) is 0 Å². The third-order valence-corrected chi connectivity index (χ3v) is 4.57. The Kier molecular flexibility index (Phi) is 12.8. The zero-order valence-electron chi connectivity index (χ0n) is 19.1. The molecule has 0 bridgehead atoms. The van der Waals surface area contributed by atoms with Crippen LogP contribution in [0.4, 0.5) is 0 Å². The van der Waals surface area contributed by atoms with Gasteiger partial charge < -0.3 is 23.7 Å². The van der Waals surface area contributed by atoms with Crippen LogP contribution in [0.1, 0.15) is 79.1 Å². The van der Waals surface area contributed by atoms with E-state index in [1.807, 2.05) is 27.7 Å². The number of hydrogen-bond donors (Lipinski definition) is 0. The first-order valence-corrected chi connectivity index (χ1v) is 11.2. The van der Waals surface area contributed by atoms with Crippen molar-refractivity contribution in [1.82, 2.24) is 0 Å². The van der Waals surface area contributed by atoms with E-state index in [1.165, 1.54) is 0 Å². The Morgan fingerprint density at radius 3 is 1.87 bits per heavy atom. The molecular formula is C22H36O9. The molecule has 4 atom stereocenters. The van der Waals surface area contributed by atoms with E-state index in [-0.39, 0.29) is 38.9 Å². The van der Waals surface area contributed by atoms with E-state index >= 15 is 0 Å². The van der Waals surface area contributed by atoms with Crippen molar-refractivity contribution < 1.29 is 42.9 Å². The molecule has 1 saturated heterocycles. The maximum atomic E-state index is 12.2. The summed E-state index contributed by atoms with van der Waals surface area (Å²) in [5.41, 5.74) is 0. The summed E-state index contributed by atoms with van der Waals surface area (Å²) >= 11 is 0. The average Bonchev–Trinajstić information content (AvgIpc) is 3.08. The molecule has 0 aromatic carbocycles. The summed E-state index contributed by atoms with van der Waals surface area (Å²) in [5, 5.41) is 0. The van der Waals surface area contributed by atoms with Crippen LogP contribution in [0.2, 0.25) is 0 Å². The molecule has 0 saturated carbocycles. The quantitative estimate of drug-likeness (QED) is 0.295. The Balaban J connectivity index is 3.01. The van der Waals surface area contributed by atoms with E-state index in [0.717, 1.165) is 0 Å². The first kappa shape index (κ1) is 26.9. The van der Waals surface area contributed by atoms with Crippen LogP contribution in [0.15, 0.2) is 0 Å². The Morgan fingerprint density at radius 1 is 0.774 bits per heavy atom. The van der Waals surface area contributed by atoms with Crippen molar-refractivity contribution in [2.45, 2.75) is 103 Å². The molecule has 0 N–H and O–H groups in total. The Labute approximate surface area is 184 Å². The smallest absolute Gasteiger partial charge is 0.306 e. The highest BCUT2D eigenvalue weighted by molar-refractivity contribution is 5.71. The van der Waals surface area contributed by atoms with Gasteiger partial charge in [0.05, 0.1) is 6.61 Å². The molecule has 9 heteroatoms. The number of esters is 4. The highest BCUT2D eigenvalue weighted by Crippen LogP contribution is 2.27. The van der Waals surface area contributed by atoms with Crippen LogP contribution in [0, 0.1) is 0 Å². The fraction of sp³-hybridized carbons (Fsp3) is 0.818. The van der Waals surface area contributed by atoms with Gasteiger partial charge in [-0.15, -0.1) is 0 Å². The van der Waals surface area contributed by atoms with E-state index in [4.69, 9.17) is 23.7 Å². The second-order valence-corrected chi connectivity index (χ2v) is 7.49. The molecule has 1 fully saturated rings. The van der Waals surface area contributed by atoms with Gasteiger partial charge in [0, 0.05) is 25.7 Å². The largest absolute Gasteiger partial charge is 0.462 e. The number of hydrogen-bond acceptors (Lipinski definition) is 9. The fourth-order valence-electron chi connectivity index (χ4n) is 3.10. The molecule has 1 aliphatic rings. The van der Waals surface area contributed by atoms with Gasteiger partial charge in [0.1, 0.15) is 12.7 Å². The molecule has 0 aromatic heterocycles. The van der Waals surface area contributed by atoms with E-state index in [1.54, 1.807) is 0 Å². The molecule has 0 spiro atoms. The third kappa shape index (κ3) is 9.67. The summed E-state index contributed by atoms with van der Waals surface area (Å²) < 4.78 is 27.5. The minimum Gasteiger partial charge on any atom is -0.462 e. The zero-order chi connectivity index (χ0) is 23.2. The lowest BCUT2D eigenvalue weighted by Crippen LogP contribution is -2.47. The summed E-state index contributed by atoms with van der Waals surface area (Å²) in [4.78, 5) is 48.2. The first-order chi connectivity index (χ1) is 14.9. The molecule has 0 aliphatic carbocycles. The van der Waals surface area contributed by atoms with Gasteiger partial charge in [0.2, 0.25) is 0 Å². The second kappa shape index (κ2) is 14.8. The van der Waals surface area contributed by atoms with Crippen molar-refractivity contribution in [3.8, 4) is 0 Å². The van der Waals surface area contributed by atoms with Crippen molar-refractivity contribution in [3.63, 3.8) is 0 Å². The SMILES string of the molecule is CCCC(=O)OC[C@@H](OC(=O)CCC)C1OC[C@H](OC(=O)CCC)[C@H]1OC(=O)CCC. The number of carbonyl (C=O) groups is 4. The summed E-state index contributed by atoms with van der Waals surface area (Å²) in [5.74, 6) is -1.81. The monoisotopic (exact) mass is 444 g/mol. The molecule has 1 unspecified atom stereocenters. The van der Waals surface area contributed by atoms with Crippen molar-refractivity contribution in [2.24, 2.45) is 0 Å². The van der Waals surface area contributed by atoms with E-state index in [2.05, 4.69) is 0 Å². The van der Waals surface area contributed by atoms with Crippen molar-refractivity contribution >= 4 is 23.9 Å². The number of rotatable bonds is 14. The van der Waals surface area contributed by atoms with Gasteiger partial charge in [0.25, 0.3) is 0 Å². The molecule has 0 amide bonds. The normalized spacial score (nSPS) is 21.2. The molecule has 0 aromatic rings. The lowest BCUT2D eigenvalue weighted by molar-refractivity contribution is -0.179. The maximum absolute atomic E-state index is 12.2. The highest BCUT2D eigenvalue weighted by Gasteiger charge is 2.48. The van der Waals surface area contributed by atoms with Gasteiger partial charge >= 0.3 is 23.9 Å². The van der Waals surface area contributed by atoms with Crippen LogP contribution < -0.4 is 0 Å². The van der Waals surface area contributed by atoms with Gasteiger partial charge in [-0.05, 0) is 25.7 Å². The Morgan fingerprint density at radius 2 is 1.29 bits per heavy atom. The van der Waals surface area contributed by atoms with Crippen LogP contribution in [-0.2, 0) is 42.9 Å². The minimum absolute atomic E-state index is 0.0189. The summed E-state index contributed by atoms with van der Waals surface area (Å²) in [6.45, 7) is 7.11. The Bertz CT molecular complexity index is 590. The second-order valence-electron chi connectivity index (χ2n) is 7.49. The van der Waals surface area contributed by atoms with Crippen LogP contribution in [0.5, 0.6) is 0 Å². The first-order valence-electron chi connectivity index (χ1n) is 11.2. The lowest BCUT2D eigenvalue weighted by Gasteiger charge is -2.28. The lowest BCUT2D eigenvalue weighted by atomic mass is 10.1. The van der Waals surface area contributed by atoms with E-state index in [0.29, 0.717) is 25.7 Å². The molecule has 1 rings (SSSR count). The molecule has 31 heavy (non-hydrogen) atoms. The molecule has 1 aliphatic heterocycles. The Hall–Kier alpha value is -2.16. The summed E-state index contributed by atoms with van der Waals surface area (Å²) in [6, 6.07) is 0. The molecule has 9 nitrogen and oxygen atoms in total. The van der Waals surface area contributed by atoms with Crippen molar-refractivity contribution in [1.29, 1.82) is 0 Å². The summed E-state index contributed by atoms with van der Waals surface area (Å²) in [6.07, 6.45) is -0.497. The average molecular weight is 445 g/mol. The van der Waals surface area contributed by atoms with Gasteiger partial charge in [0.15, 0.2) is 18.3 Å². The predicted octanol–water partition coefficient (Wildman–Crippen LogP) is 2.86. The van der Waals surface area contributed by atoms with Gasteiger partial charge in [-0.3, -0.25) is 19.2 Å². The number of carbonyl (C=O) groups excluding carboxylic acids is 4. The number of ether oxygens (including phenoxy) is 5. The van der Waals surface area contributed by atoms with Gasteiger partial charge in [-0.25, -0.2) is 0 Å². The van der Waals surface area contributed by atoms with Crippen LogP contribution in [-0.4, -0.2) is 61.5 Å². The van der Waals surface area contributed by atoms with Crippen LogP contribution >= 0.6 is 0 Å². The zero-order valence-corrected chi connectivity index (χ0v) is 19.1. The van der Waals surface area contributed by atoms with E-state index < -0.39 is 48.3 Å². The predicted molar refractivity (Wildman–Crippen MR) is 110 cm³/mol. The highest BCUT2D eigenvalue weighted by atomic mass is 16.7. The molecule has 1 heterocycles. The van der Waals surface area contributed by atoms with Gasteiger partial charge in [-0.1, -0.05) is 27.7 Å². The summed E-state index contributed by atoms with van der Waals surface area (Å²) in [7, 11) is 0. The minimum atomic E-state index is -0.992. The standard InChI is InChI=1S/C22H36O9/c1-5-9-17(23)27-13-15(29-18(24)10-6-2)21-22(31-20(26)12-8-4)16(14-28-21)30-19(25)11-7-3/h15-16,21-22H,5-14H2,1-4H3/t15-,16+,21?,22-/m1/s1. The van der Waals surface area contributed by atoms with Crippen molar-refractivity contribution in [3.05, 3.63) is 0 Å². The van der Waals surface area contributed by atoms with Crippen LogP contribution in [0.25, 0.3) is 0 Å². The van der Waals surface area contributed by atoms with Crippen LogP contribution in [0.3, 0.4) is 0 Å². The molecule has 178 valence electrons. The fourth-order valence-corrected chi connectivity index (χ4v) is 3.10. The molecule has 0 radical (unpaired) electrons. The molecular weight excluding hydrogens is 408 g/mol. The van der Waals surface area contributed by atoms with E-state index in [9.17, 15) is 19.2 Å². The third-order valence-electron chi connectivity index (χ3n) is 4.57.